The van der Waals surface area contributed by atoms with E-state index in [1.807, 2.05) is 6.92 Å². The van der Waals surface area contributed by atoms with Crippen molar-refractivity contribution in [3.63, 3.8) is 0 Å². The van der Waals surface area contributed by atoms with Crippen LogP contribution in [-0.2, 0) is 9.53 Å². The molecule has 0 aromatic rings. The molecule has 2 heteroatoms. The summed E-state index contributed by atoms with van der Waals surface area (Å²) in [6.45, 7) is 8.54. The van der Waals surface area contributed by atoms with Gasteiger partial charge in [0.25, 0.3) is 0 Å². The van der Waals surface area contributed by atoms with E-state index in [0.29, 0.717) is 18.1 Å². The standard InChI is InChI=1S/C13H24O2/c1-5-8-9-12(7-3)10-15-13(14)11(4)6-2/h6,12H,5,7-10H2,1-4H3/b11-6-. The molecule has 0 heterocycles. The third-order valence-electron chi connectivity index (χ3n) is 2.75. The Morgan fingerprint density at radius 2 is 2.07 bits per heavy atom. The monoisotopic (exact) mass is 212 g/mol. The van der Waals surface area contributed by atoms with Crippen LogP contribution in [0, 0.1) is 5.92 Å². The summed E-state index contributed by atoms with van der Waals surface area (Å²) in [6.07, 6.45) is 6.46. The highest BCUT2D eigenvalue weighted by Gasteiger charge is 2.10. The number of ether oxygens (including phenoxy) is 1. The molecule has 0 aliphatic heterocycles. The molecule has 0 aliphatic rings. The van der Waals surface area contributed by atoms with Gasteiger partial charge in [-0.15, -0.1) is 0 Å². The van der Waals surface area contributed by atoms with Gasteiger partial charge in [-0.05, 0) is 26.2 Å². The van der Waals surface area contributed by atoms with E-state index in [9.17, 15) is 4.79 Å². The first-order chi connectivity index (χ1) is 7.15. The normalized spacial score (nSPS) is 13.7. The second-order valence-electron chi connectivity index (χ2n) is 3.99. The molecule has 88 valence electrons. The van der Waals surface area contributed by atoms with Gasteiger partial charge in [0, 0.05) is 5.57 Å². The predicted molar refractivity (Wildman–Crippen MR) is 63.7 cm³/mol. The largest absolute Gasteiger partial charge is 0.462 e. The van der Waals surface area contributed by atoms with Crippen molar-refractivity contribution >= 4 is 5.97 Å². The zero-order valence-electron chi connectivity index (χ0n) is 10.5. The summed E-state index contributed by atoms with van der Waals surface area (Å²) in [6, 6.07) is 0. The zero-order valence-corrected chi connectivity index (χ0v) is 10.5. The number of hydrogen-bond donors (Lipinski definition) is 0. The second-order valence-corrected chi connectivity index (χ2v) is 3.99. The Balaban J connectivity index is 3.84. The van der Waals surface area contributed by atoms with Gasteiger partial charge in [-0.25, -0.2) is 4.79 Å². The fourth-order valence-corrected chi connectivity index (χ4v) is 1.32. The number of carbonyl (C=O) groups excluding carboxylic acids is 1. The molecule has 0 rings (SSSR count). The summed E-state index contributed by atoms with van der Waals surface area (Å²) >= 11 is 0. The maximum Gasteiger partial charge on any atom is 0.333 e. The second kappa shape index (κ2) is 8.51. The number of hydrogen-bond acceptors (Lipinski definition) is 2. The van der Waals surface area contributed by atoms with Crippen LogP contribution in [0.2, 0.25) is 0 Å². The van der Waals surface area contributed by atoms with Gasteiger partial charge in [-0.3, -0.25) is 0 Å². The molecule has 0 radical (unpaired) electrons. The summed E-state index contributed by atoms with van der Waals surface area (Å²) in [5.41, 5.74) is 0.695. The van der Waals surface area contributed by atoms with Gasteiger partial charge in [-0.1, -0.05) is 39.2 Å². The Labute approximate surface area is 93.7 Å². The van der Waals surface area contributed by atoms with Gasteiger partial charge in [0.05, 0.1) is 6.61 Å². The summed E-state index contributed by atoms with van der Waals surface area (Å²) in [7, 11) is 0. The molecule has 0 aromatic heterocycles. The first-order valence-corrected chi connectivity index (χ1v) is 5.95. The van der Waals surface area contributed by atoms with Crippen molar-refractivity contribution in [1.29, 1.82) is 0 Å². The van der Waals surface area contributed by atoms with Crippen LogP contribution >= 0.6 is 0 Å². The number of esters is 1. The number of rotatable bonds is 7. The molecule has 0 aromatic carbocycles. The highest BCUT2D eigenvalue weighted by Crippen LogP contribution is 2.13. The maximum atomic E-state index is 11.4. The van der Waals surface area contributed by atoms with E-state index in [2.05, 4.69) is 13.8 Å². The van der Waals surface area contributed by atoms with Crippen LogP contribution in [0.3, 0.4) is 0 Å². The molecule has 2 nitrogen and oxygen atoms in total. The van der Waals surface area contributed by atoms with E-state index in [4.69, 9.17) is 4.74 Å². The molecule has 0 fully saturated rings. The van der Waals surface area contributed by atoms with E-state index >= 15 is 0 Å². The van der Waals surface area contributed by atoms with Gasteiger partial charge in [-0.2, -0.15) is 0 Å². The molecule has 1 atom stereocenters. The van der Waals surface area contributed by atoms with E-state index in [1.165, 1.54) is 12.8 Å². The first kappa shape index (κ1) is 14.2. The lowest BCUT2D eigenvalue weighted by atomic mass is 10.0. The summed E-state index contributed by atoms with van der Waals surface area (Å²) < 4.78 is 5.24. The molecule has 0 saturated heterocycles. The summed E-state index contributed by atoms with van der Waals surface area (Å²) in [5, 5.41) is 0. The maximum absolute atomic E-state index is 11.4. The van der Waals surface area contributed by atoms with Gasteiger partial charge < -0.3 is 4.74 Å². The molecule has 0 spiro atoms. The molecular weight excluding hydrogens is 188 g/mol. The Kier molecular flexibility index (Phi) is 8.06. The van der Waals surface area contributed by atoms with Gasteiger partial charge >= 0.3 is 5.97 Å². The van der Waals surface area contributed by atoms with Crippen molar-refractivity contribution < 1.29 is 9.53 Å². The molecule has 0 aliphatic carbocycles. The van der Waals surface area contributed by atoms with Crippen molar-refractivity contribution in [3.05, 3.63) is 11.6 Å². The average molecular weight is 212 g/mol. The quantitative estimate of drug-likeness (QED) is 0.475. The lowest BCUT2D eigenvalue weighted by Crippen LogP contribution is -2.14. The van der Waals surface area contributed by atoms with Crippen molar-refractivity contribution in [3.8, 4) is 0 Å². The Bertz CT molecular complexity index is 207. The van der Waals surface area contributed by atoms with Crippen molar-refractivity contribution in [2.75, 3.05) is 6.61 Å². The lowest BCUT2D eigenvalue weighted by Gasteiger charge is -2.14. The highest BCUT2D eigenvalue weighted by atomic mass is 16.5. The lowest BCUT2D eigenvalue weighted by molar-refractivity contribution is -0.140. The Morgan fingerprint density at radius 1 is 1.40 bits per heavy atom. The fourth-order valence-electron chi connectivity index (χ4n) is 1.32. The van der Waals surface area contributed by atoms with E-state index < -0.39 is 0 Å². The molecule has 0 amide bonds. The molecule has 0 bridgehead atoms. The van der Waals surface area contributed by atoms with Gasteiger partial charge in [0.15, 0.2) is 0 Å². The smallest absolute Gasteiger partial charge is 0.333 e. The Morgan fingerprint density at radius 3 is 2.53 bits per heavy atom. The van der Waals surface area contributed by atoms with Crippen LogP contribution in [0.5, 0.6) is 0 Å². The van der Waals surface area contributed by atoms with E-state index in [-0.39, 0.29) is 5.97 Å². The third kappa shape index (κ3) is 6.32. The molecule has 15 heavy (non-hydrogen) atoms. The zero-order chi connectivity index (χ0) is 11.7. The van der Waals surface area contributed by atoms with Crippen molar-refractivity contribution in [2.45, 2.75) is 53.4 Å². The van der Waals surface area contributed by atoms with Crippen molar-refractivity contribution in [1.82, 2.24) is 0 Å². The highest BCUT2D eigenvalue weighted by molar-refractivity contribution is 5.87. The first-order valence-electron chi connectivity index (χ1n) is 5.95. The molecule has 1 unspecified atom stereocenters. The van der Waals surface area contributed by atoms with Gasteiger partial charge in [0.1, 0.15) is 0 Å². The summed E-state index contributed by atoms with van der Waals surface area (Å²) in [4.78, 5) is 11.4. The minimum atomic E-state index is -0.174. The predicted octanol–water partition coefficient (Wildman–Crippen LogP) is 3.71. The van der Waals surface area contributed by atoms with Crippen molar-refractivity contribution in [2.24, 2.45) is 5.92 Å². The topological polar surface area (TPSA) is 26.3 Å². The van der Waals surface area contributed by atoms with Crippen LogP contribution in [0.1, 0.15) is 53.4 Å². The molecule has 0 saturated carbocycles. The van der Waals surface area contributed by atoms with Crippen LogP contribution in [0.25, 0.3) is 0 Å². The SMILES string of the molecule is C/C=C(/C)C(=O)OCC(CC)CCCC. The molecule has 0 N–H and O–H groups in total. The van der Waals surface area contributed by atoms with Crippen LogP contribution in [-0.4, -0.2) is 12.6 Å². The van der Waals surface area contributed by atoms with Crippen LogP contribution in [0.4, 0.5) is 0 Å². The van der Waals surface area contributed by atoms with Crippen LogP contribution < -0.4 is 0 Å². The van der Waals surface area contributed by atoms with E-state index in [0.717, 1.165) is 12.8 Å². The van der Waals surface area contributed by atoms with Crippen LogP contribution in [0.15, 0.2) is 11.6 Å². The van der Waals surface area contributed by atoms with Gasteiger partial charge in [0.2, 0.25) is 0 Å². The van der Waals surface area contributed by atoms with E-state index in [1.54, 1.807) is 13.0 Å². The fraction of sp³-hybridized carbons (Fsp3) is 0.769. The summed E-state index contributed by atoms with van der Waals surface area (Å²) in [5.74, 6) is 0.353. The minimum absolute atomic E-state index is 0.174. The third-order valence-corrected chi connectivity index (χ3v) is 2.75. The Hall–Kier alpha value is -0.790. The number of allylic oxidation sites excluding steroid dienone is 1. The number of unbranched alkanes of at least 4 members (excludes halogenated alkanes) is 1. The molecular formula is C13H24O2. The number of carbonyl (C=O) groups is 1. The minimum Gasteiger partial charge on any atom is -0.462 e. The average Bonchev–Trinajstić information content (AvgIpc) is 2.27.